The van der Waals surface area contributed by atoms with Gasteiger partial charge in [0, 0.05) is 25.3 Å². The molecule has 0 aliphatic carbocycles. The fourth-order valence-electron chi connectivity index (χ4n) is 2.84. The molecule has 1 aromatic heterocycles. The van der Waals surface area contributed by atoms with Crippen molar-refractivity contribution in [3.05, 3.63) is 55.2 Å². The molecule has 0 bridgehead atoms. The van der Waals surface area contributed by atoms with Crippen LogP contribution in [0, 0.1) is 0 Å². The Morgan fingerprint density at radius 2 is 1.93 bits per heavy atom. The van der Waals surface area contributed by atoms with Crippen LogP contribution in [0.4, 0.5) is 5.69 Å². The summed E-state index contributed by atoms with van der Waals surface area (Å²) in [4.78, 5) is 27.5. The number of nitrogens with zero attached hydrogens (tertiary/aromatic N) is 1. The predicted molar refractivity (Wildman–Crippen MR) is 114 cm³/mol. The summed E-state index contributed by atoms with van der Waals surface area (Å²) in [5, 5.41) is 4.98. The van der Waals surface area contributed by atoms with E-state index < -0.39 is 18.1 Å². The van der Waals surface area contributed by atoms with E-state index in [1.54, 1.807) is 24.3 Å². The van der Waals surface area contributed by atoms with Crippen molar-refractivity contribution >= 4 is 79.8 Å². The second-order valence-electron chi connectivity index (χ2n) is 5.87. The van der Waals surface area contributed by atoms with E-state index in [1.807, 2.05) is 5.38 Å². The summed E-state index contributed by atoms with van der Waals surface area (Å²) >= 11 is 16.0. The lowest BCUT2D eigenvalue weighted by molar-refractivity contribution is -0.122. The van der Waals surface area contributed by atoms with Gasteiger partial charge in [-0.05, 0) is 58.5 Å². The molecule has 2 aromatic rings. The van der Waals surface area contributed by atoms with Gasteiger partial charge in [0.2, 0.25) is 0 Å². The van der Waals surface area contributed by atoms with Crippen molar-refractivity contribution < 1.29 is 19.1 Å². The average molecular weight is 500 g/mol. The molecule has 2 aliphatic heterocycles. The van der Waals surface area contributed by atoms with Gasteiger partial charge in [-0.2, -0.15) is 0 Å². The van der Waals surface area contributed by atoms with Gasteiger partial charge in [-0.3, -0.25) is 19.8 Å². The standard InChI is InChI=1S/C18H12BrClN2O4S2/c19-12-8-28-13(14(12)17-25-5-6-26-17)7-11-15(23)21-18(27)22(16(11)24)10-3-1-9(20)2-4-10/h1-4,7-8,17H,5-6H2,(H,21,23,27)/b11-7+. The first-order valence-corrected chi connectivity index (χ1v) is 10.6. The van der Waals surface area contributed by atoms with Gasteiger partial charge in [0.05, 0.1) is 18.9 Å². The van der Waals surface area contributed by atoms with Crippen LogP contribution in [-0.4, -0.2) is 30.1 Å². The number of hydrogen-bond acceptors (Lipinski definition) is 6. The van der Waals surface area contributed by atoms with Crippen LogP contribution in [0.2, 0.25) is 5.02 Å². The van der Waals surface area contributed by atoms with Crippen molar-refractivity contribution in [2.75, 3.05) is 18.1 Å². The molecule has 10 heteroatoms. The number of benzene rings is 1. The van der Waals surface area contributed by atoms with Gasteiger partial charge in [-0.1, -0.05) is 11.6 Å². The maximum absolute atomic E-state index is 13.1. The van der Waals surface area contributed by atoms with Crippen LogP contribution in [0.1, 0.15) is 16.7 Å². The van der Waals surface area contributed by atoms with Crippen molar-refractivity contribution in [1.82, 2.24) is 5.32 Å². The third-order valence-corrected chi connectivity index (χ3v) is 6.57. The zero-order chi connectivity index (χ0) is 19.8. The van der Waals surface area contributed by atoms with Crippen LogP contribution in [0.5, 0.6) is 0 Å². The van der Waals surface area contributed by atoms with Crippen LogP contribution in [0.15, 0.2) is 39.7 Å². The first-order valence-electron chi connectivity index (χ1n) is 8.13. The van der Waals surface area contributed by atoms with Gasteiger partial charge < -0.3 is 9.47 Å². The maximum atomic E-state index is 13.1. The second-order valence-corrected chi connectivity index (χ2v) is 8.46. The Morgan fingerprint density at radius 1 is 1.25 bits per heavy atom. The van der Waals surface area contributed by atoms with Crippen LogP contribution in [-0.2, 0) is 19.1 Å². The number of thiocarbonyl (C=S) groups is 1. The monoisotopic (exact) mass is 498 g/mol. The fourth-order valence-corrected chi connectivity index (χ4v) is 4.93. The molecule has 1 aromatic carbocycles. The van der Waals surface area contributed by atoms with Crippen LogP contribution < -0.4 is 10.2 Å². The van der Waals surface area contributed by atoms with E-state index in [0.29, 0.717) is 28.8 Å². The third-order valence-electron chi connectivity index (χ3n) is 4.13. The predicted octanol–water partition coefficient (Wildman–Crippen LogP) is 4.04. The lowest BCUT2D eigenvalue weighted by atomic mass is 10.1. The van der Waals surface area contributed by atoms with Crippen molar-refractivity contribution in [3.8, 4) is 0 Å². The summed E-state index contributed by atoms with van der Waals surface area (Å²) in [6.45, 7) is 0.974. The number of halogens is 2. The molecular weight excluding hydrogens is 488 g/mol. The normalized spacial score (nSPS) is 19.6. The first kappa shape index (κ1) is 19.7. The van der Waals surface area contributed by atoms with Gasteiger partial charge in [-0.15, -0.1) is 11.3 Å². The molecule has 3 heterocycles. The third kappa shape index (κ3) is 3.66. The molecule has 144 valence electrons. The Labute approximate surface area is 183 Å². The van der Waals surface area contributed by atoms with Gasteiger partial charge in [0.15, 0.2) is 11.4 Å². The zero-order valence-corrected chi connectivity index (χ0v) is 18.1. The molecule has 2 fully saturated rings. The molecule has 0 spiro atoms. The first-order chi connectivity index (χ1) is 13.5. The Balaban J connectivity index is 1.73. The minimum atomic E-state index is -0.552. The number of carbonyl (C=O) groups is 2. The van der Waals surface area contributed by atoms with E-state index in [4.69, 9.17) is 33.3 Å². The Morgan fingerprint density at radius 3 is 2.61 bits per heavy atom. The number of rotatable bonds is 3. The minimum Gasteiger partial charge on any atom is -0.346 e. The van der Waals surface area contributed by atoms with Crippen LogP contribution in [0.3, 0.4) is 0 Å². The molecular formula is C18H12BrClN2O4S2. The van der Waals surface area contributed by atoms with Crippen molar-refractivity contribution in [2.45, 2.75) is 6.29 Å². The zero-order valence-electron chi connectivity index (χ0n) is 14.1. The molecule has 0 saturated carbocycles. The van der Waals surface area contributed by atoms with E-state index in [2.05, 4.69) is 21.2 Å². The maximum Gasteiger partial charge on any atom is 0.270 e. The molecule has 2 aliphatic rings. The quantitative estimate of drug-likeness (QED) is 0.392. The summed E-state index contributed by atoms with van der Waals surface area (Å²) < 4.78 is 11.9. The second kappa shape index (κ2) is 8.02. The summed E-state index contributed by atoms with van der Waals surface area (Å²) in [6, 6.07) is 6.62. The molecule has 6 nitrogen and oxygen atoms in total. The molecule has 2 saturated heterocycles. The number of carbonyl (C=O) groups excluding carboxylic acids is 2. The molecule has 0 atom stereocenters. The highest BCUT2D eigenvalue weighted by Gasteiger charge is 2.35. The fraction of sp³-hybridized carbons (Fsp3) is 0.167. The van der Waals surface area contributed by atoms with Crippen molar-refractivity contribution in [2.24, 2.45) is 0 Å². The lowest BCUT2D eigenvalue weighted by Crippen LogP contribution is -2.54. The minimum absolute atomic E-state index is 0.0181. The lowest BCUT2D eigenvalue weighted by Gasteiger charge is -2.29. The van der Waals surface area contributed by atoms with E-state index in [0.717, 1.165) is 10.0 Å². The molecule has 0 unspecified atom stereocenters. The van der Waals surface area contributed by atoms with E-state index in [9.17, 15) is 9.59 Å². The molecule has 28 heavy (non-hydrogen) atoms. The summed E-state index contributed by atoms with van der Waals surface area (Å²) in [5.74, 6) is -1.07. The highest BCUT2D eigenvalue weighted by atomic mass is 79.9. The largest absolute Gasteiger partial charge is 0.346 e. The highest BCUT2D eigenvalue weighted by Crippen LogP contribution is 2.38. The summed E-state index contributed by atoms with van der Waals surface area (Å²) in [5.41, 5.74) is 1.24. The SMILES string of the molecule is O=C1NC(=S)N(c2ccc(Cl)cc2)C(=O)/C1=C/c1scc(Br)c1C1OCCO1. The number of hydrogen-bond donors (Lipinski definition) is 1. The van der Waals surface area contributed by atoms with E-state index >= 15 is 0 Å². The molecule has 1 N–H and O–H groups in total. The van der Waals surface area contributed by atoms with Crippen molar-refractivity contribution in [3.63, 3.8) is 0 Å². The van der Waals surface area contributed by atoms with Gasteiger partial charge in [0.25, 0.3) is 11.8 Å². The van der Waals surface area contributed by atoms with Crippen LogP contribution in [0.25, 0.3) is 6.08 Å². The topological polar surface area (TPSA) is 67.9 Å². The highest BCUT2D eigenvalue weighted by molar-refractivity contribution is 9.10. The number of anilines is 1. The molecule has 2 amide bonds. The van der Waals surface area contributed by atoms with Gasteiger partial charge >= 0.3 is 0 Å². The number of thiophene rings is 1. The van der Waals surface area contributed by atoms with E-state index in [1.165, 1.54) is 22.3 Å². The molecule has 0 radical (unpaired) electrons. The number of nitrogens with one attached hydrogen (secondary N) is 1. The van der Waals surface area contributed by atoms with Gasteiger partial charge in [-0.25, -0.2) is 0 Å². The number of ether oxygens (including phenoxy) is 2. The average Bonchev–Trinajstić information content (AvgIpc) is 3.29. The summed E-state index contributed by atoms with van der Waals surface area (Å²) in [7, 11) is 0. The Kier molecular flexibility index (Phi) is 5.64. The summed E-state index contributed by atoms with van der Waals surface area (Å²) in [6.07, 6.45) is 1.00. The molecule has 4 rings (SSSR count). The Bertz CT molecular complexity index is 1000. The number of amides is 2. The van der Waals surface area contributed by atoms with E-state index in [-0.39, 0.29) is 10.7 Å². The van der Waals surface area contributed by atoms with Crippen LogP contribution >= 0.6 is 51.1 Å². The van der Waals surface area contributed by atoms with Crippen molar-refractivity contribution in [1.29, 1.82) is 0 Å². The smallest absolute Gasteiger partial charge is 0.270 e. The Hall–Kier alpha value is -1.62. The van der Waals surface area contributed by atoms with Gasteiger partial charge in [0.1, 0.15) is 5.57 Å².